The van der Waals surface area contributed by atoms with E-state index in [1.165, 1.54) is 60.5 Å². The molecule has 0 amide bonds. The zero-order chi connectivity index (χ0) is 14.7. The van der Waals surface area contributed by atoms with E-state index in [0.29, 0.717) is 0 Å². The van der Waals surface area contributed by atoms with Crippen molar-refractivity contribution < 1.29 is 0 Å². The summed E-state index contributed by atoms with van der Waals surface area (Å²) in [5.74, 6) is 0. The van der Waals surface area contributed by atoms with Gasteiger partial charge in [-0.3, -0.25) is 4.90 Å². The summed E-state index contributed by atoms with van der Waals surface area (Å²) in [5.41, 5.74) is 2.80. The Labute approximate surface area is 137 Å². The molecule has 0 bridgehead atoms. The first-order valence-corrected chi connectivity index (χ1v) is 9.22. The molecule has 0 radical (unpaired) electrons. The van der Waals surface area contributed by atoms with Crippen molar-refractivity contribution in [3.8, 4) is 0 Å². The van der Waals surface area contributed by atoms with Crippen LogP contribution in [0.4, 0.5) is 0 Å². The fraction of sp³-hybridized carbons (Fsp3) is 0.667. The molecule has 21 heavy (non-hydrogen) atoms. The van der Waals surface area contributed by atoms with Crippen LogP contribution in [0.15, 0.2) is 22.7 Å². The van der Waals surface area contributed by atoms with E-state index in [2.05, 4.69) is 51.4 Å². The van der Waals surface area contributed by atoms with Crippen molar-refractivity contribution >= 4 is 15.9 Å². The van der Waals surface area contributed by atoms with Gasteiger partial charge < -0.3 is 5.32 Å². The highest BCUT2D eigenvalue weighted by molar-refractivity contribution is 9.10. The zero-order valence-corrected chi connectivity index (χ0v) is 14.7. The van der Waals surface area contributed by atoms with Gasteiger partial charge in [0.15, 0.2) is 0 Å². The molecule has 0 unspecified atom stereocenters. The van der Waals surface area contributed by atoms with Crippen LogP contribution in [0.1, 0.15) is 56.1 Å². The smallest absolute Gasteiger partial charge is 0.0244 e. The molecule has 0 heterocycles. The van der Waals surface area contributed by atoms with E-state index in [1.54, 1.807) is 0 Å². The van der Waals surface area contributed by atoms with Crippen LogP contribution < -0.4 is 5.32 Å². The van der Waals surface area contributed by atoms with Crippen molar-refractivity contribution in [2.24, 2.45) is 0 Å². The first-order valence-electron chi connectivity index (χ1n) is 8.43. The SMILES string of the molecule is CN(Cc1ccc(CNC2CC2)cc1Br)C1CCCCC1. The van der Waals surface area contributed by atoms with Gasteiger partial charge in [0.25, 0.3) is 0 Å². The van der Waals surface area contributed by atoms with Crippen molar-refractivity contribution in [3.05, 3.63) is 33.8 Å². The zero-order valence-electron chi connectivity index (χ0n) is 13.1. The predicted molar refractivity (Wildman–Crippen MR) is 92.3 cm³/mol. The van der Waals surface area contributed by atoms with E-state index in [9.17, 15) is 0 Å². The van der Waals surface area contributed by atoms with Gasteiger partial charge in [-0.25, -0.2) is 0 Å². The summed E-state index contributed by atoms with van der Waals surface area (Å²) in [5, 5.41) is 3.58. The molecule has 3 rings (SSSR count). The van der Waals surface area contributed by atoms with Gasteiger partial charge in [0.05, 0.1) is 0 Å². The quantitative estimate of drug-likeness (QED) is 0.814. The largest absolute Gasteiger partial charge is 0.310 e. The maximum Gasteiger partial charge on any atom is 0.0244 e. The van der Waals surface area contributed by atoms with Gasteiger partial charge in [-0.15, -0.1) is 0 Å². The van der Waals surface area contributed by atoms with Crippen LogP contribution in [0, 0.1) is 0 Å². The lowest BCUT2D eigenvalue weighted by Crippen LogP contribution is -2.32. The molecule has 2 nitrogen and oxygen atoms in total. The van der Waals surface area contributed by atoms with E-state index in [-0.39, 0.29) is 0 Å². The van der Waals surface area contributed by atoms with Crippen molar-refractivity contribution in [2.75, 3.05) is 7.05 Å². The molecular weight excluding hydrogens is 324 g/mol. The Hall–Kier alpha value is -0.380. The van der Waals surface area contributed by atoms with Gasteiger partial charge in [0, 0.05) is 29.6 Å². The monoisotopic (exact) mass is 350 g/mol. The molecule has 1 aromatic carbocycles. The van der Waals surface area contributed by atoms with Crippen LogP contribution in [0.5, 0.6) is 0 Å². The number of hydrogen-bond acceptors (Lipinski definition) is 2. The maximum atomic E-state index is 3.77. The van der Waals surface area contributed by atoms with Crippen LogP contribution in [-0.2, 0) is 13.1 Å². The Morgan fingerprint density at radius 2 is 1.90 bits per heavy atom. The lowest BCUT2D eigenvalue weighted by molar-refractivity contribution is 0.184. The van der Waals surface area contributed by atoms with Crippen LogP contribution in [0.2, 0.25) is 0 Å². The van der Waals surface area contributed by atoms with E-state index >= 15 is 0 Å². The predicted octanol–water partition coefficient (Wildman–Crippen LogP) is 4.47. The van der Waals surface area contributed by atoms with Crippen molar-refractivity contribution in [1.82, 2.24) is 10.2 Å². The summed E-state index contributed by atoms with van der Waals surface area (Å²) in [4.78, 5) is 2.54. The van der Waals surface area contributed by atoms with Crippen LogP contribution in [0.3, 0.4) is 0 Å². The van der Waals surface area contributed by atoms with Crippen LogP contribution in [0.25, 0.3) is 0 Å². The molecule has 2 aliphatic rings. The second-order valence-corrected chi connectivity index (χ2v) is 7.64. The Morgan fingerprint density at radius 1 is 1.14 bits per heavy atom. The fourth-order valence-electron chi connectivity index (χ4n) is 3.30. The van der Waals surface area contributed by atoms with E-state index in [0.717, 1.165) is 25.2 Å². The molecule has 2 fully saturated rings. The van der Waals surface area contributed by atoms with E-state index < -0.39 is 0 Å². The third-order valence-electron chi connectivity index (χ3n) is 4.91. The van der Waals surface area contributed by atoms with Crippen LogP contribution in [-0.4, -0.2) is 24.0 Å². The highest BCUT2D eigenvalue weighted by atomic mass is 79.9. The number of nitrogens with zero attached hydrogens (tertiary/aromatic N) is 1. The number of hydrogen-bond donors (Lipinski definition) is 1. The average Bonchev–Trinajstić information content (AvgIpc) is 3.33. The Bertz CT molecular complexity index is 464. The van der Waals surface area contributed by atoms with Gasteiger partial charge in [0.1, 0.15) is 0 Å². The van der Waals surface area contributed by atoms with Crippen LogP contribution >= 0.6 is 15.9 Å². The topological polar surface area (TPSA) is 15.3 Å². The highest BCUT2D eigenvalue weighted by Gasteiger charge is 2.20. The summed E-state index contributed by atoms with van der Waals surface area (Å²) >= 11 is 3.77. The second-order valence-electron chi connectivity index (χ2n) is 6.79. The molecule has 0 aromatic heterocycles. The summed E-state index contributed by atoms with van der Waals surface area (Å²) < 4.78 is 1.26. The molecule has 0 aliphatic heterocycles. The molecule has 1 N–H and O–H groups in total. The Morgan fingerprint density at radius 3 is 2.57 bits per heavy atom. The summed E-state index contributed by atoms with van der Waals surface area (Å²) in [6.07, 6.45) is 9.69. The average molecular weight is 351 g/mol. The first kappa shape index (κ1) is 15.5. The minimum atomic E-state index is 0.779. The molecule has 3 heteroatoms. The molecule has 116 valence electrons. The number of benzene rings is 1. The van der Waals surface area contributed by atoms with Gasteiger partial charge >= 0.3 is 0 Å². The third-order valence-corrected chi connectivity index (χ3v) is 5.65. The minimum absolute atomic E-state index is 0.779. The fourth-order valence-corrected chi connectivity index (χ4v) is 3.85. The first-order chi connectivity index (χ1) is 10.2. The lowest BCUT2D eigenvalue weighted by Gasteiger charge is -2.31. The van der Waals surface area contributed by atoms with E-state index in [4.69, 9.17) is 0 Å². The Kier molecular flexibility index (Phi) is 5.36. The van der Waals surface area contributed by atoms with E-state index in [1.807, 2.05) is 0 Å². The molecule has 2 aliphatic carbocycles. The minimum Gasteiger partial charge on any atom is -0.310 e. The van der Waals surface area contributed by atoms with Gasteiger partial charge in [0.2, 0.25) is 0 Å². The van der Waals surface area contributed by atoms with Crippen molar-refractivity contribution in [1.29, 1.82) is 0 Å². The summed E-state index contributed by atoms with van der Waals surface area (Å²) in [6, 6.07) is 8.43. The number of nitrogens with one attached hydrogen (secondary N) is 1. The lowest BCUT2D eigenvalue weighted by atomic mass is 9.94. The molecule has 0 spiro atoms. The maximum absolute atomic E-state index is 3.77. The second kappa shape index (κ2) is 7.26. The van der Waals surface area contributed by atoms with Gasteiger partial charge in [-0.05, 0) is 49.9 Å². The standard InChI is InChI=1S/C18H27BrN2/c1-21(17-5-3-2-4-6-17)13-15-8-7-14(11-18(15)19)12-20-16-9-10-16/h7-8,11,16-17,20H,2-6,9-10,12-13H2,1H3. The summed E-state index contributed by atoms with van der Waals surface area (Å²) in [6.45, 7) is 2.06. The third kappa shape index (κ3) is 4.54. The molecule has 1 aromatic rings. The van der Waals surface area contributed by atoms with Crippen molar-refractivity contribution in [2.45, 2.75) is 70.1 Å². The van der Waals surface area contributed by atoms with Gasteiger partial charge in [-0.2, -0.15) is 0 Å². The number of halogens is 1. The molecule has 0 saturated heterocycles. The number of rotatable bonds is 6. The summed E-state index contributed by atoms with van der Waals surface area (Å²) in [7, 11) is 2.28. The normalized spacial score (nSPS) is 20.1. The molecule has 0 atom stereocenters. The molecule has 2 saturated carbocycles. The van der Waals surface area contributed by atoms with Crippen molar-refractivity contribution in [3.63, 3.8) is 0 Å². The van der Waals surface area contributed by atoms with Gasteiger partial charge in [-0.1, -0.05) is 47.3 Å². The highest BCUT2D eigenvalue weighted by Crippen LogP contribution is 2.26. The molecular formula is C18H27BrN2. The Balaban J connectivity index is 1.56.